The molecule has 0 aliphatic carbocycles. The molecule has 0 fully saturated rings. The van der Waals surface area contributed by atoms with E-state index in [4.69, 9.17) is 0 Å². The number of amides is 2. The maximum absolute atomic E-state index is 11.9. The highest BCUT2D eigenvalue weighted by Crippen LogP contribution is 2.12. The van der Waals surface area contributed by atoms with Gasteiger partial charge in [-0.2, -0.15) is 12.6 Å². The SMILES string of the molecule is O=C(NNc1ccc(CS)cc1)NC(Cc1ccc(O)cc1)C(=O)O. The summed E-state index contributed by atoms with van der Waals surface area (Å²) in [5.41, 5.74) is 7.47. The van der Waals surface area contributed by atoms with Gasteiger partial charge < -0.3 is 15.5 Å². The Morgan fingerprint density at radius 3 is 2.16 bits per heavy atom. The average molecular weight is 361 g/mol. The number of hydrazine groups is 1. The van der Waals surface area contributed by atoms with Crippen molar-refractivity contribution in [3.63, 3.8) is 0 Å². The second-order valence-corrected chi connectivity index (χ2v) is 5.66. The quantitative estimate of drug-likeness (QED) is 0.334. The van der Waals surface area contributed by atoms with Crippen molar-refractivity contribution >= 4 is 30.3 Å². The molecule has 0 spiro atoms. The molecular formula is C17H19N3O4S. The molecule has 25 heavy (non-hydrogen) atoms. The third-order valence-electron chi connectivity index (χ3n) is 3.44. The number of anilines is 1. The van der Waals surface area contributed by atoms with Gasteiger partial charge in [-0.05, 0) is 35.4 Å². The van der Waals surface area contributed by atoms with Crippen molar-refractivity contribution in [1.29, 1.82) is 0 Å². The number of urea groups is 1. The van der Waals surface area contributed by atoms with Crippen molar-refractivity contribution in [2.75, 3.05) is 5.43 Å². The van der Waals surface area contributed by atoms with Gasteiger partial charge in [0.05, 0.1) is 5.69 Å². The zero-order chi connectivity index (χ0) is 18.2. The third-order valence-corrected chi connectivity index (χ3v) is 3.80. The third kappa shape index (κ3) is 5.92. The summed E-state index contributed by atoms with van der Waals surface area (Å²) >= 11 is 4.16. The van der Waals surface area contributed by atoms with Crippen LogP contribution in [0, 0.1) is 0 Å². The molecule has 2 amide bonds. The maximum Gasteiger partial charge on any atom is 0.334 e. The molecule has 0 saturated carbocycles. The summed E-state index contributed by atoms with van der Waals surface area (Å²) in [5.74, 6) is -0.443. The molecule has 0 aromatic heterocycles. The molecule has 0 aliphatic rings. The Morgan fingerprint density at radius 1 is 1.00 bits per heavy atom. The first-order chi connectivity index (χ1) is 12.0. The van der Waals surface area contributed by atoms with Gasteiger partial charge in [0, 0.05) is 12.2 Å². The number of carbonyl (C=O) groups excluding carboxylic acids is 1. The highest BCUT2D eigenvalue weighted by molar-refractivity contribution is 7.79. The summed E-state index contributed by atoms with van der Waals surface area (Å²) in [5, 5.41) is 20.9. The number of thiol groups is 1. The Bertz CT molecular complexity index is 720. The van der Waals surface area contributed by atoms with Gasteiger partial charge in [0.2, 0.25) is 0 Å². The van der Waals surface area contributed by atoms with Crippen molar-refractivity contribution in [2.45, 2.75) is 18.2 Å². The minimum Gasteiger partial charge on any atom is -0.508 e. The van der Waals surface area contributed by atoms with E-state index >= 15 is 0 Å². The largest absolute Gasteiger partial charge is 0.508 e. The van der Waals surface area contributed by atoms with E-state index in [0.29, 0.717) is 17.0 Å². The Kier molecular flexibility index (Phi) is 6.53. The molecule has 1 unspecified atom stereocenters. The summed E-state index contributed by atoms with van der Waals surface area (Å²) in [7, 11) is 0. The zero-order valence-electron chi connectivity index (χ0n) is 13.3. The number of benzene rings is 2. The lowest BCUT2D eigenvalue weighted by Crippen LogP contribution is -2.48. The Balaban J connectivity index is 1.88. The molecule has 0 heterocycles. The number of nitrogens with one attached hydrogen (secondary N) is 3. The van der Waals surface area contributed by atoms with E-state index < -0.39 is 18.0 Å². The maximum atomic E-state index is 11.9. The van der Waals surface area contributed by atoms with Crippen LogP contribution in [0.5, 0.6) is 5.75 Å². The fourth-order valence-electron chi connectivity index (χ4n) is 2.08. The van der Waals surface area contributed by atoms with Crippen LogP contribution in [0.15, 0.2) is 48.5 Å². The molecule has 1 atom stereocenters. The van der Waals surface area contributed by atoms with Crippen LogP contribution < -0.4 is 16.2 Å². The lowest BCUT2D eigenvalue weighted by molar-refractivity contribution is -0.139. The van der Waals surface area contributed by atoms with E-state index in [0.717, 1.165) is 5.56 Å². The number of hydrogen-bond donors (Lipinski definition) is 6. The minimum absolute atomic E-state index is 0.0921. The lowest BCUT2D eigenvalue weighted by atomic mass is 10.1. The molecule has 7 nitrogen and oxygen atoms in total. The first-order valence-corrected chi connectivity index (χ1v) is 8.14. The molecule has 2 rings (SSSR count). The van der Waals surface area contributed by atoms with Crippen LogP contribution in [-0.2, 0) is 17.0 Å². The molecule has 8 heteroatoms. The van der Waals surface area contributed by atoms with E-state index in [1.807, 2.05) is 12.1 Å². The summed E-state index contributed by atoms with van der Waals surface area (Å²) in [4.78, 5) is 23.2. The molecule has 0 saturated heterocycles. The van der Waals surface area contributed by atoms with Gasteiger partial charge in [-0.1, -0.05) is 24.3 Å². The summed E-state index contributed by atoms with van der Waals surface area (Å²) in [6.07, 6.45) is 0.0969. The molecule has 0 bridgehead atoms. The number of carboxylic acid groups (broad SMARTS) is 1. The van der Waals surface area contributed by atoms with Crippen LogP contribution in [0.25, 0.3) is 0 Å². The fraction of sp³-hybridized carbons (Fsp3) is 0.176. The smallest absolute Gasteiger partial charge is 0.334 e. The predicted molar refractivity (Wildman–Crippen MR) is 97.7 cm³/mol. The monoisotopic (exact) mass is 361 g/mol. The number of phenolic OH excluding ortho intramolecular Hbond substituents is 1. The van der Waals surface area contributed by atoms with Gasteiger partial charge in [0.25, 0.3) is 0 Å². The number of carboxylic acids is 1. The predicted octanol–water partition coefficient (Wildman–Crippen LogP) is 2.14. The number of rotatable bonds is 7. The molecule has 2 aromatic carbocycles. The van der Waals surface area contributed by atoms with Gasteiger partial charge in [-0.3, -0.25) is 10.9 Å². The van der Waals surface area contributed by atoms with E-state index in [-0.39, 0.29) is 12.2 Å². The Morgan fingerprint density at radius 2 is 1.60 bits per heavy atom. The summed E-state index contributed by atoms with van der Waals surface area (Å²) in [6, 6.07) is 11.6. The van der Waals surface area contributed by atoms with Gasteiger partial charge in [0.15, 0.2) is 0 Å². The first-order valence-electron chi connectivity index (χ1n) is 7.51. The van der Waals surface area contributed by atoms with Crippen LogP contribution in [0.2, 0.25) is 0 Å². The number of phenols is 1. The lowest BCUT2D eigenvalue weighted by Gasteiger charge is -2.16. The van der Waals surface area contributed by atoms with Gasteiger partial charge in [0.1, 0.15) is 11.8 Å². The van der Waals surface area contributed by atoms with Gasteiger partial charge in [-0.25, -0.2) is 9.59 Å². The zero-order valence-corrected chi connectivity index (χ0v) is 14.2. The van der Waals surface area contributed by atoms with E-state index in [1.165, 1.54) is 12.1 Å². The van der Waals surface area contributed by atoms with Crippen LogP contribution in [-0.4, -0.2) is 28.3 Å². The highest BCUT2D eigenvalue weighted by atomic mass is 32.1. The van der Waals surface area contributed by atoms with Crippen molar-refractivity contribution < 1.29 is 19.8 Å². The molecule has 2 aromatic rings. The molecule has 0 aliphatic heterocycles. The van der Waals surface area contributed by atoms with Crippen LogP contribution in [0.4, 0.5) is 10.5 Å². The number of hydrogen-bond acceptors (Lipinski definition) is 5. The Labute approximate surface area is 150 Å². The average Bonchev–Trinajstić information content (AvgIpc) is 2.61. The van der Waals surface area contributed by atoms with Crippen molar-refractivity contribution in [2.24, 2.45) is 0 Å². The normalized spacial score (nSPS) is 11.4. The van der Waals surface area contributed by atoms with Crippen LogP contribution >= 0.6 is 12.6 Å². The fourth-order valence-corrected chi connectivity index (χ4v) is 2.30. The van der Waals surface area contributed by atoms with E-state index in [1.54, 1.807) is 24.3 Å². The number of aromatic hydroxyl groups is 1. The van der Waals surface area contributed by atoms with Crippen molar-refractivity contribution in [3.05, 3.63) is 59.7 Å². The van der Waals surface area contributed by atoms with Crippen molar-refractivity contribution in [1.82, 2.24) is 10.7 Å². The van der Waals surface area contributed by atoms with Crippen molar-refractivity contribution in [3.8, 4) is 5.75 Å². The summed E-state index contributed by atoms with van der Waals surface area (Å²) in [6.45, 7) is 0. The number of aliphatic carboxylic acids is 1. The second-order valence-electron chi connectivity index (χ2n) is 5.34. The molecule has 132 valence electrons. The highest BCUT2D eigenvalue weighted by Gasteiger charge is 2.20. The molecular weight excluding hydrogens is 342 g/mol. The Hall–Kier alpha value is -2.87. The second kappa shape index (κ2) is 8.84. The van der Waals surface area contributed by atoms with E-state index in [2.05, 4.69) is 28.8 Å². The number of carbonyl (C=O) groups is 2. The molecule has 0 radical (unpaired) electrons. The first kappa shape index (κ1) is 18.5. The standard InChI is InChI=1S/C17H19N3O4S/c21-14-7-3-11(4-8-14)9-15(16(22)23)18-17(24)20-19-13-5-1-12(10-25)2-6-13/h1-8,15,19,21,25H,9-10H2,(H,22,23)(H2,18,20,24). The summed E-state index contributed by atoms with van der Waals surface area (Å²) < 4.78 is 0. The van der Waals surface area contributed by atoms with Gasteiger partial charge in [-0.15, -0.1) is 0 Å². The van der Waals surface area contributed by atoms with Gasteiger partial charge >= 0.3 is 12.0 Å². The van der Waals surface area contributed by atoms with Crippen LogP contribution in [0.3, 0.4) is 0 Å². The molecule has 5 N–H and O–H groups in total. The van der Waals surface area contributed by atoms with Crippen LogP contribution in [0.1, 0.15) is 11.1 Å². The minimum atomic E-state index is -1.15. The topological polar surface area (TPSA) is 111 Å². The van der Waals surface area contributed by atoms with E-state index in [9.17, 15) is 19.8 Å².